The van der Waals surface area contributed by atoms with Crippen LogP contribution in [0.25, 0.3) is 0 Å². The summed E-state index contributed by atoms with van der Waals surface area (Å²) in [6.45, 7) is 7.56. The summed E-state index contributed by atoms with van der Waals surface area (Å²) in [5, 5.41) is 3.37. The van der Waals surface area contributed by atoms with E-state index in [-0.39, 0.29) is 5.56 Å². The van der Waals surface area contributed by atoms with E-state index in [2.05, 4.69) is 24.1 Å². The summed E-state index contributed by atoms with van der Waals surface area (Å²) in [6.07, 6.45) is 5.66. The molecule has 0 aliphatic carbocycles. The van der Waals surface area contributed by atoms with Crippen molar-refractivity contribution < 1.29 is 0 Å². The second-order valence-electron chi connectivity index (χ2n) is 5.36. The van der Waals surface area contributed by atoms with Crippen molar-refractivity contribution in [2.75, 3.05) is 6.54 Å². The SMILES string of the molecule is CC(C)CNCc1cn(CCn2ccccc2=O)cn1. The number of hydrogen-bond acceptors (Lipinski definition) is 3. The van der Waals surface area contributed by atoms with Crippen molar-refractivity contribution in [3.8, 4) is 0 Å². The van der Waals surface area contributed by atoms with Crippen LogP contribution < -0.4 is 10.9 Å². The van der Waals surface area contributed by atoms with Crippen LogP contribution >= 0.6 is 0 Å². The van der Waals surface area contributed by atoms with E-state index in [1.54, 1.807) is 16.7 Å². The molecule has 2 rings (SSSR count). The van der Waals surface area contributed by atoms with E-state index in [4.69, 9.17) is 0 Å². The molecule has 0 fully saturated rings. The van der Waals surface area contributed by atoms with E-state index in [1.807, 2.05) is 29.4 Å². The van der Waals surface area contributed by atoms with E-state index in [0.29, 0.717) is 12.5 Å². The lowest BCUT2D eigenvalue weighted by Crippen LogP contribution is -2.20. The van der Waals surface area contributed by atoms with Gasteiger partial charge in [0.25, 0.3) is 5.56 Å². The molecular formula is C15H22N4O. The first-order valence-electron chi connectivity index (χ1n) is 7.02. The van der Waals surface area contributed by atoms with Gasteiger partial charge in [0.2, 0.25) is 0 Å². The van der Waals surface area contributed by atoms with Gasteiger partial charge in [-0.1, -0.05) is 19.9 Å². The monoisotopic (exact) mass is 274 g/mol. The topological polar surface area (TPSA) is 51.9 Å². The fourth-order valence-electron chi connectivity index (χ4n) is 1.98. The van der Waals surface area contributed by atoms with Gasteiger partial charge in [-0.05, 0) is 18.5 Å². The lowest BCUT2D eigenvalue weighted by Gasteiger charge is -2.06. The van der Waals surface area contributed by atoms with Crippen molar-refractivity contribution in [1.82, 2.24) is 19.4 Å². The van der Waals surface area contributed by atoms with Crippen molar-refractivity contribution in [3.05, 3.63) is 53.0 Å². The third-order valence-corrected chi connectivity index (χ3v) is 3.04. The Kier molecular flexibility index (Phi) is 5.12. The molecule has 2 aromatic rings. The van der Waals surface area contributed by atoms with Crippen LogP contribution in [0, 0.1) is 5.92 Å². The predicted molar refractivity (Wildman–Crippen MR) is 79.5 cm³/mol. The smallest absolute Gasteiger partial charge is 0.250 e. The number of aryl methyl sites for hydroxylation is 2. The molecular weight excluding hydrogens is 252 g/mol. The van der Waals surface area contributed by atoms with Gasteiger partial charge in [-0.3, -0.25) is 4.79 Å². The molecule has 1 N–H and O–H groups in total. The first-order valence-corrected chi connectivity index (χ1v) is 7.02. The maximum absolute atomic E-state index is 11.6. The lowest BCUT2D eigenvalue weighted by molar-refractivity contribution is 0.547. The van der Waals surface area contributed by atoms with E-state index in [9.17, 15) is 4.79 Å². The van der Waals surface area contributed by atoms with Crippen molar-refractivity contribution in [3.63, 3.8) is 0 Å². The highest BCUT2D eigenvalue weighted by Gasteiger charge is 2.00. The zero-order valence-electron chi connectivity index (χ0n) is 12.1. The summed E-state index contributed by atoms with van der Waals surface area (Å²) >= 11 is 0. The molecule has 0 radical (unpaired) electrons. The van der Waals surface area contributed by atoms with Crippen molar-refractivity contribution >= 4 is 0 Å². The number of imidazole rings is 1. The number of aromatic nitrogens is 3. The van der Waals surface area contributed by atoms with Gasteiger partial charge in [0, 0.05) is 38.1 Å². The fourth-order valence-corrected chi connectivity index (χ4v) is 1.98. The van der Waals surface area contributed by atoms with E-state index in [0.717, 1.165) is 25.3 Å². The zero-order valence-corrected chi connectivity index (χ0v) is 12.1. The Morgan fingerprint density at radius 2 is 2.15 bits per heavy atom. The van der Waals surface area contributed by atoms with Crippen LogP contribution in [-0.4, -0.2) is 20.7 Å². The number of rotatable bonds is 7. The molecule has 2 heterocycles. The number of nitrogens with one attached hydrogen (secondary N) is 1. The predicted octanol–water partition coefficient (Wildman–Crippen LogP) is 1.49. The zero-order chi connectivity index (χ0) is 14.4. The normalized spacial score (nSPS) is 11.2. The lowest BCUT2D eigenvalue weighted by atomic mass is 10.2. The minimum atomic E-state index is 0.0337. The molecule has 0 unspecified atom stereocenters. The third kappa shape index (κ3) is 4.35. The van der Waals surface area contributed by atoms with Crippen LogP contribution in [0.2, 0.25) is 0 Å². The first-order chi connectivity index (χ1) is 9.65. The molecule has 5 nitrogen and oxygen atoms in total. The van der Waals surface area contributed by atoms with E-state index in [1.165, 1.54) is 0 Å². The van der Waals surface area contributed by atoms with Crippen LogP contribution in [0.5, 0.6) is 0 Å². The van der Waals surface area contributed by atoms with Crippen LogP contribution in [0.3, 0.4) is 0 Å². The maximum atomic E-state index is 11.6. The van der Waals surface area contributed by atoms with Crippen LogP contribution in [0.4, 0.5) is 0 Å². The van der Waals surface area contributed by atoms with Crippen LogP contribution in [-0.2, 0) is 19.6 Å². The molecule has 5 heteroatoms. The highest BCUT2D eigenvalue weighted by atomic mass is 16.1. The van der Waals surface area contributed by atoms with Gasteiger partial charge in [0.1, 0.15) is 0 Å². The Morgan fingerprint density at radius 3 is 2.90 bits per heavy atom. The molecule has 0 aliphatic rings. The number of hydrogen-bond donors (Lipinski definition) is 1. The molecule has 0 atom stereocenters. The molecule has 0 saturated heterocycles. The number of nitrogens with zero attached hydrogens (tertiary/aromatic N) is 3. The van der Waals surface area contributed by atoms with Crippen LogP contribution in [0.1, 0.15) is 19.5 Å². The molecule has 20 heavy (non-hydrogen) atoms. The summed E-state index contributed by atoms with van der Waals surface area (Å²) in [7, 11) is 0. The Morgan fingerprint density at radius 1 is 1.30 bits per heavy atom. The highest BCUT2D eigenvalue weighted by Crippen LogP contribution is 1.98. The summed E-state index contributed by atoms with van der Waals surface area (Å²) in [6, 6.07) is 5.21. The second-order valence-corrected chi connectivity index (χ2v) is 5.36. The molecule has 0 aromatic carbocycles. The van der Waals surface area contributed by atoms with Gasteiger partial charge in [-0.2, -0.15) is 0 Å². The Bertz CT molecular complexity index is 585. The molecule has 0 bridgehead atoms. The standard InChI is InChI=1S/C15H22N4O/c1-13(2)9-16-10-14-11-18(12-17-14)7-8-19-6-4-3-5-15(19)20/h3-6,11-13,16H,7-10H2,1-2H3. The Balaban J connectivity index is 1.84. The van der Waals surface area contributed by atoms with Gasteiger partial charge in [0.15, 0.2) is 0 Å². The van der Waals surface area contributed by atoms with Gasteiger partial charge in [-0.15, -0.1) is 0 Å². The largest absolute Gasteiger partial charge is 0.335 e. The minimum absolute atomic E-state index is 0.0337. The highest BCUT2D eigenvalue weighted by molar-refractivity contribution is 4.97. The van der Waals surface area contributed by atoms with Crippen molar-refractivity contribution in [1.29, 1.82) is 0 Å². The molecule has 0 amide bonds. The van der Waals surface area contributed by atoms with E-state index < -0.39 is 0 Å². The van der Waals surface area contributed by atoms with Gasteiger partial charge < -0.3 is 14.5 Å². The second kappa shape index (κ2) is 7.05. The minimum Gasteiger partial charge on any atom is -0.335 e. The van der Waals surface area contributed by atoms with Crippen LogP contribution in [0.15, 0.2) is 41.7 Å². The van der Waals surface area contributed by atoms with Gasteiger partial charge in [0.05, 0.1) is 12.0 Å². The summed E-state index contributed by atoms with van der Waals surface area (Å²) < 4.78 is 3.72. The maximum Gasteiger partial charge on any atom is 0.250 e. The Labute approximate surface area is 119 Å². The average Bonchev–Trinajstić information content (AvgIpc) is 2.85. The van der Waals surface area contributed by atoms with Gasteiger partial charge >= 0.3 is 0 Å². The summed E-state index contributed by atoms with van der Waals surface area (Å²) in [4.78, 5) is 15.9. The molecule has 2 aromatic heterocycles. The number of pyridine rings is 1. The average molecular weight is 274 g/mol. The third-order valence-electron chi connectivity index (χ3n) is 3.04. The summed E-state index contributed by atoms with van der Waals surface area (Å²) in [5.74, 6) is 0.641. The molecule has 0 aliphatic heterocycles. The first kappa shape index (κ1) is 14.5. The molecule has 0 saturated carbocycles. The molecule has 0 spiro atoms. The van der Waals surface area contributed by atoms with Crippen molar-refractivity contribution in [2.45, 2.75) is 33.5 Å². The van der Waals surface area contributed by atoms with Gasteiger partial charge in [-0.25, -0.2) is 4.98 Å². The molecule has 108 valence electrons. The quantitative estimate of drug-likeness (QED) is 0.832. The van der Waals surface area contributed by atoms with Crippen molar-refractivity contribution in [2.24, 2.45) is 5.92 Å². The Hall–Kier alpha value is -1.88. The summed E-state index contributed by atoms with van der Waals surface area (Å²) in [5.41, 5.74) is 1.07. The van der Waals surface area contributed by atoms with E-state index >= 15 is 0 Å². The fraction of sp³-hybridized carbons (Fsp3) is 0.467.